The minimum absolute atomic E-state index is 0.153. The van der Waals surface area contributed by atoms with Crippen LogP contribution in [0.25, 0.3) is 11.3 Å². The van der Waals surface area contributed by atoms with Gasteiger partial charge in [0.15, 0.2) is 0 Å². The minimum Gasteiger partial charge on any atom is -0.479 e. The van der Waals surface area contributed by atoms with Crippen LogP contribution in [0.1, 0.15) is 36.1 Å². The Labute approximate surface area is 157 Å². The molecule has 0 saturated heterocycles. The Balaban J connectivity index is 1.88. The van der Waals surface area contributed by atoms with Crippen molar-refractivity contribution in [2.45, 2.75) is 19.9 Å². The van der Waals surface area contributed by atoms with Gasteiger partial charge in [-0.2, -0.15) is 5.10 Å². The van der Waals surface area contributed by atoms with E-state index in [4.69, 9.17) is 4.74 Å². The predicted molar refractivity (Wildman–Crippen MR) is 100 cm³/mol. The summed E-state index contributed by atoms with van der Waals surface area (Å²) in [6.45, 7) is 4.06. The Hall–Kier alpha value is -3.29. The van der Waals surface area contributed by atoms with Gasteiger partial charge in [-0.3, -0.25) is 9.48 Å². The Bertz CT molecular complexity index is 937. The van der Waals surface area contributed by atoms with Crippen LogP contribution in [0.15, 0.2) is 43.0 Å². The number of nitrogens with one attached hydrogen (secondary N) is 1. The molecule has 2 heterocycles. The third-order valence-corrected chi connectivity index (χ3v) is 4.23. The summed E-state index contributed by atoms with van der Waals surface area (Å²) in [5.74, 6) is 1.08. The van der Waals surface area contributed by atoms with Crippen molar-refractivity contribution in [3.8, 4) is 17.1 Å². The molecule has 27 heavy (non-hydrogen) atoms. The van der Waals surface area contributed by atoms with Crippen LogP contribution in [-0.4, -0.2) is 37.7 Å². The smallest absolute Gasteiger partial charge is 0.251 e. The Morgan fingerprint density at radius 3 is 2.63 bits per heavy atom. The van der Waals surface area contributed by atoms with Gasteiger partial charge >= 0.3 is 0 Å². The lowest BCUT2D eigenvalue weighted by Gasteiger charge is -2.21. The largest absolute Gasteiger partial charge is 0.479 e. The molecule has 1 N–H and O–H groups in total. The lowest BCUT2D eigenvalue weighted by molar-refractivity contribution is 0.0922. The van der Waals surface area contributed by atoms with Gasteiger partial charge < -0.3 is 10.1 Å². The second-order valence-electron chi connectivity index (χ2n) is 6.43. The zero-order chi connectivity index (χ0) is 19.4. The maximum absolute atomic E-state index is 12.9. The molecule has 2 aromatic heterocycles. The van der Waals surface area contributed by atoms with Crippen LogP contribution in [0.5, 0.6) is 5.88 Å². The van der Waals surface area contributed by atoms with E-state index < -0.39 is 0 Å². The fourth-order valence-electron chi connectivity index (χ4n) is 2.82. The van der Waals surface area contributed by atoms with E-state index in [9.17, 15) is 4.79 Å². The Morgan fingerprint density at radius 2 is 1.96 bits per heavy atom. The van der Waals surface area contributed by atoms with E-state index in [1.165, 1.54) is 13.4 Å². The lowest BCUT2D eigenvalue weighted by atomic mass is 10.0. The summed E-state index contributed by atoms with van der Waals surface area (Å²) in [6, 6.07) is 6.96. The normalized spacial score (nSPS) is 12.0. The van der Waals surface area contributed by atoms with Gasteiger partial charge in [-0.15, -0.1) is 0 Å². The van der Waals surface area contributed by atoms with E-state index >= 15 is 0 Å². The zero-order valence-electron chi connectivity index (χ0n) is 15.7. The first-order chi connectivity index (χ1) is 13.0. The number of carbonyl (C=O) groups is 1. The topological polar surface area (TPSA) is 94.8 Å². The third-order valence-electron chi connectivity index (χ3n) is 4.23. The van der Waals surface area contributed by atoms with Crippen molar-refractivity contribution in [2.24, 2.45) is 13.0 Å². The molecule has 0 radical (unpaired) electrons. The van der Waals surface area contributed by atoms with Crippen molar-refractivity contribution in [2.75, 3.05) is 7.11 Å². The molecule has 0 bridgehead atoms. The highest BCUT2D eigenvalue weighted by molar-refractivity contribution is 5.95. The van der Waals surface area contributed by atoms with E-state index in [0.29, 0.717) is 23.0 Å². The molecule has 0 spiro atoms. The zero-order valence-corrected chi connectivity index (χ0v) is 15.7. The second kappa shape index (κ2) is 7.94. The lowest BCUT2D eigenvalue weighted by Crippen LogP contribution is -2.33. The van der Waals surface area contributed by atoms with E-state index in [2.05, 4.69) is 25.4 Å². The van der Waals surface area contributed by atoms with Crippen molar-refractivity contribution >= 4 is 5.91 Å². The molecule has 8 heteroatoms. The molecule has 1 aromatic carbocycles. The molecule has 1 amide bonds. The van der Waals surface area contributed by atoms with Gasteiger partial charge in [0.05, 0.1) is 13.2 Å². The fraction of sp³-hybridized carbons (Fsp3) is 0.316. The van der Waals surface area contributed by atoms with Crippen LogP contribution in [0.2, 0.25) is 0 Å². The van der Waals surface area contributed by atoms with E-state index in [0.717, 1.165) is 5.56 Å². The number of methoxy groups -OCH3 is 1. The molecule has 0 saturated carbocycles. The van der Waals surface area contributed by atoms with Crippen LogP contribution in [0.3, 0.4) is 0 Å². The number of aryl methyl sites for hydroxylation is 1. The van der Waals surface area contributed by atoms with Crippen LogP contribution < -0.4 is 10.1 Å². The standard InChI is InChI=1S/C19H22N6O2/c1-12(2)15(17-22-11-23-25(17)3)24-18(26)14-7-5-6-13(10-14)16-19(27-4)21-9-8-20-16/h5-12,15H,1-4H3,(H,24,26)/t15-/m1/s1. The molecule has 0 fully saturated rings. The molecule has 0 aliphatic heterocycles. The summed E-state index contributed by atoms with van der Waals surface area (Å²) in [5.41, 5.74) is 1.86. The maximum Gasteiger partial charge on any atom is 0.251 e. The number of nitrogens with zero attached hydrogens (tertiary/aromatic N) is 5. The number of amides is 1. The molecule has 140 valence electrons. The molecule has 0 aliphatic rings. The predicted octanol–water partition coefficient (Wildman–Crippen LogP) is 2.41. The second-order valence-corrected chi connectivity index (χ2v) is 6.43. The number of benzene rings is 1. The van der Waals surface area contributed by atoms with Crippen LogP contribution >= 0.6 is 0 Å². The highest BCUT2D eigenvalue weighted by Gasteiger charge is 2.23. The van der Waals surface area contributed by atoms with Gasteiger partial charge in [-0.25, -0.2) is 15.0 Å². The van der Waals surface area contributed by atoms with Crippen molar-refractivity contribution in [3.05, 3.63) is 54.4 Å². The molecule has 8 nitrogen and oxygen atoms in total. The summed E-state index contributed by atoms with van der Waals surface area (Å²) in [4.78, 5) is 25.6. The Morgan fingerprint density at radius 1 is 1.19 bits per heavy atom. The highest BCUT2D eigenvalue weighted by atomic mass is 16.5. The number of hydrogen-bond donors (Lipinski definition) is 1. The number of ether oxygens (including phenoxy) is 1. The average Bonchev–Trinajstić information content (AvgIpc) is 3.11. The van der Waals surface area contributed by atoms with Crippen molar-refractivity contribution in [3.63, 3.8) is 0 Å². The SMILES string of the molecule is COc1nccnc1-c1cccc(C(=O)N[C@@H](c2ncnn2C)C(C)C)c1. The van der Waals surface area contributed by atoms with Gasteiger partial charge in [0, 0.05) is 30.6 Å². The van der Waals surface area contributed by atoms with Gasteiger partial charge in [-0.1, -0.05) is 26.0 Å². The first-order valence-electron chi connectivity index (χ1n) is 8.61. The summed E-state index contributed by atoms with van der Waals surface area (Å²) >= 11 is 0. The van der Waals surface area contributed by atoms with Crippen molar-refractivity contribution < 1.29 is 9.53 Å². The summed E-state index contributed by atoms with van der Waals surface area (Å²) < 4.78 is 6.94. The quantitative estimate of drug-likeness (QED) is 0.720. The number of carbonyl (C=O) groups excluding carboxylic acids is 1. The van der Waals surface area contributed by atoms with Gasteiger partial charge in [0.1, 0.15) is 17.8 Å². The summed E-state index contributed by atoms with van der Waals surface area (Å²) in [7, 11) is 3.35. The van der Waals surface area contributed by atoms with Gasteiger partial charge in [0.2, 0.25) is 5.88 Å². The summed E-state index contributed by atoms with van der Waals surface area (Å²) in [6.07, 6.45) is 4.64. The minimum atomic E-state index is -0.250. The van der Waals surface area contributed by atoms with E-state index in [1.807, 2.05) is 33.0 Å². The van der Waals surface area contributed by atoms with Crippen molar-refractivity contribution in [1.29, 1.82) is 0 Å². The first kappa shape index (κ1) is 18.5. The monoisotopic (exact) mass is 366 g/mol. The molecular weight excluding hydrogens is 344 g/mol. The number of hydrogen-bond acceptors (Lipinski definition) is 6. The van der Waals surface area contributed by atoms with Crippen LogP contribution in [-0.2, 0) is 7.05 Å². The highest BCUT2D eigenvalue weighted by Crippen LogP contribution is 2.26. The first-order valence-corrected chi connectivity index (χ1v) is 8.61. The molecule has 3 rings (SSSR count). The van der Waals surface area contributed by atoms with Gasteiger partial charge in [0.25, 0.3) is 5.91 Å². The fourth-order valence-corrected chi connectivity index (χ4v) is 2.82. The summed E-state index contributed by atoms with van der Waals surface area (Å²) in [5, 5.41) is 7.15. The van der Waals surface area contributed by atoms with Crippen molar-refractivity contribution in [1.82, 2.24) is 30.0 Å². The molecule has 0 aliphatic carbocycles. The number of aromatic nitrogens is 5. The maximum atomic E-state index is 12.9. The van der Waals surface area contributed by atoms with E-state index in [1.54, 1.807) is 29.2 Å². The average molecular weight is 366 g/mol. The number of rotatable bonds is 6. The van der Waals surface area contributed by atoms with Gasteiger partial charge in [-0.05, 0) is 18.1 Å². The van der Waals surface area contributed by atoms with Crippen LogP contribution in [0.4, 0.5) is 0 Å². The van der Waals surface area contributed by atoms with E-state index in [-0.39, 0.29) is 17.9 Å². The van der Waals surface area contributed by atoms with Crippen LogP contribution in [0, 0.1) is 5.92 Å². The molecule has 3 aromatic rings. The molecule has 1 atom stereocenters. The molecule has 0 unspecified atom stereocenters. The Kier molecular flexibility index (Phi) is 5.44. The third kappa shape index (κ3) is 3.94. The molecular formula is C19H22N6O2.